The van der Waals surface area contributed by atoms with Gasteiger partial charge in [-0.15, -0.1) is 0 Å². The molecule has 0 radical (unpaired) electrons. The summed E-state index contributed by atoms with van der Waals surface area (Å²) < 4.78 is 53.7. The first-order valence-corrected chi connectivity index (χ1v) is 9.97. The number of nitrogens with two attached hydrogens (primary N) is 1. The molecule has 30 heavy (non-hydrogen) atoms. The Morgan fingerprint density at radius 3 is 1.93 bits per heavy atom. The lowest BCUT2D eigenvalue weighted by Gasteiger charge is -2.09. The van der Waals surface area contributed by atoms with Gasteiger partial charge in [0.05, 0.1) is 4.90 Å². The number of sulfonamides is 1. The zero-order chi connectivity index (χ0) is 22.7. The fraction of sp³-hybridized carbons (Fsp3) is 0.0952. The number of rotatable bonds is 4. The summed E-state index contributed by atoms with van der Waals surface area (Å²) in [5, 5.41) is 0. The molecule has 0 saturated carbocycles. The number of anilines is 1. The minimum Gasteiger partial charge on any atom is -0.333 e. The lowest BCUT2D eigenvalue weighted by Crippen LogP contribution is -2.12. The molecule has 0 saturated heterocycles. The second-order valence-corrected chi connectivity index (χ2v) is 7.39. The molecule has 0 spiro atoms. The van der Waals surface area contributed by atoms with E-state index in [1.165, 1.54) is 25.2 Å². The predicted octanol–water partition coefficient (Wildman–Crippen LogP) is 3.73. The molecule has 3 aromatic rings. The highest BCUT2D eigenvalue weighted by molar-refractivity contribution is 7.92. The Kier molecular flexibility index (Phi) is 9.51. The van der Waals surface area contributed by atoms with Crippen molar-refractivity contribution in [2.75, 3.05) is 11.8 Å². The van der Waals surface area contributed by atoms with Crippen LogP contribution in [0.2, 0.25) is 0 Å². The van der Waals surface area contributed by atoms with Crippen LogP contribution < -0.4 is 10.5 Å². The molecule has 0 aromatic heterocycles. The Morgan fingerprint density at radius 2 is 1.40 bits per heavy atom. The highest BCUT2D eigenvalue weighted by Gasteiger charge is 2.14. The van der Waals surface area contributed by atoms with Gasteiger partial charge in [-0.3, -0.25) is 4.72 Å². The highest BCUT2D eigenvalue weighted by atomic mass is 32.2. The van der Waals surface area contributed by atoms with E-state index in [2.05, 4.69) is 10.5 Å². The van der Waals surface area contributed by atoms with Crippen LogP contribution in [0.1, 0.15) is 5.56 Å². The topological polar surface area (TPSA) is 106 Å². The minimum absolute atomic E-state index is 0.0836. The second kappa shape index (κ2) is 11.6. The van der Waals surface area contributed by atoms with E-state index in [0.717, 1.165) is 17.7 Å². The van der Waals surface area contributed by atoms with E-state index in [-0.39, 0.29) is 11.0 Å². The van der Waals surface area contributed by atoms with Crippen molar-refractivity contribution in [3.63, 3.8) is 0 Å². The zero-order valence-corrected chi connectivity index (χ0v) is 17.0. The summed E-state index contributed by atoms with van der Waals surface area (Å²) in [5.41, 5.74) is 6.97. The van der Waals surface area contributed by atoms with Crippen molar-refractivity contribution in [2.45, 2.75) is 11.8 Å². The van der Waals surface area contributed by atoms with Crippen molar-refractivity contribution in [1.29, 1.82) is 0 Å². The number of aryl methyl sites for hydroxylation is 1. The molecule has 0 aliphatic rings. The molecular weight excluding hydrogens is 414 g/mol. The third kappa shape index (κ3) is 6.89. The first-order chi connectivity index (χ1) is 14.3. The van der Waals surface area contributed by atoms with Gasteiger partial charge >= 0.3 is 6.15 Å². The SMILES string of the molecule is CN.Cc1cccc(NS(=O)(=O)c2ccc(-c3ccc(F)c(F)c3)cc2)c1.O=C=O. The van der Waals surface area contributed by atoms with Crippen molar-refractivity contribution >= 4 is 21.9 Å². The normalized spacial score (nSPS) is 9.90. The number of carbonyl (C=O) groups excluding carboxylic acids is 2. The van der Waals surface area contributed by atoms with Crippen molar-refractivity contribution in [2.24, 2.45) is 5.73 Å². The quantitative estimate of drug-likeness (QED) is 0.651. The Hall–Kier alpha value is -3.39. The number of hydrogen-bond acceptors (Lipinski definition) is 5. The Morgan fingerprint density at radius 1 is 0.833 bits per heavy atom. The molecule has 0 bridgehead atoms. The monoisotopic (exact) mass is 434 g/mol. The molecule has 6 nitrogen and oxygen atoms in total. The number of halogens is 2. The van der Waals surface area contributed by atoms with Crippen molar-refractivity contribution in [1.82, 2.24) is 0 Å². The third-order valence-corrected chi connectivity index (χ3v) is 5.09. The summed E-state index contributed by atoms with van der Waals surface area (Å²) in [6.07, 6.45) is 0.250. The van der Waals surface area contributed by atoms with Gasteiger partial charge in [0.2, 0.25) is 0 Å². The van der Waals surface area contributed by atoms with Crippen molar-refractivity contribution in [3.8, 4) is 11.1 Å². The van der Waals surface area contributed by atoms with Crippen LogP contribution in [0.3, 0.4) is 0 Å². The second-order valence-electron chi connectivity index (χ2n) is 5.71. The lowest BCUT2D eigenvalue weighted by molar-refractivity contribution is -0.191. The Balaban J connectivity index is 0.000000826. The Labute approximate surface area is 173 Å². The van der Waals surface area contributed by atoms with E-state index < -0.39 is 21.7 Å². The summed E-state index contributed by atoms with van der Waals surface area (Å²) in [6, 6.07) is 16.5. The van der Waals surface area contributed by atoms with Crippen LogP contribution in [0, 0.1) is 18.6 Å². The van der Waals surface area contributed by atoms with Crippen LogP contribution in [0.4, 0.5) is 14.5 Å². The van der Waals surface area contributed by atoms with Gasteiger partial charge < -0.3 is 5.73 Å². The van der Waals surface area contributed by atoms with Gasteiger partial charge in [-0.25, -0.2) is 17.2 Å². The lowest BCUT2D eigenvalue weighted by atomic mass is 10.1. The van der Waals surface area contributed by atoms with Crippen molar-refractivity contribution < 1.29 is 26.8 Å². The fourth-order valence-corrected chi connectivity index (χ4v) is 3.47. The predicted molar refractivity (Wildman–Crippen MR) is 109 cm³/mol. The molecule has 0 aliphatic carbocycles. The fourth-order valence-electron chi connectivity index (χ4n) is 2.42. The molecule has 0 fully saturated rings. The van der Waals surface area contributed by atoms with E-state index in [9.17, 15) is 17.2 Å². The van der Waals surface area contributed by atoms with Gasteiger partial charge in [-0.1, -0.05) is 30.3 Å². The summed E-state index contributed by atoms with van der Waals surface area (Å²) >= 11 is 0. The molecule has 0 atom stereocenters. The number of benzene rings is 3. The molecule has 0 heterocycles. The largest absolute Gasteiger partial charge is 0.373 e. The summed E-state index contributed by atoms with van der Waals surface area (Å²) in [4.78, 5) is 16.3. The first kappa shape index (κ1) is 24.6. The van der Waals surface area contributed by atoms with Crippen LogP contribution in [0.25, 0.3) is 11.1 Å². The minimum atomic E-state index is -3.73. The Bertz CT molecular complexity index is 1110. The maximum Gasteiger partial charge on any atom is 0.373 e. The van der Waals surface area contributed by atoms with Gasteiger partial charge in [-0.05, 0) is 67.1 Å². The van der Waals surface area contributed by atoms with Gasteiger partial charge in [0.25, 0.3) is 10.0 Å². The molecular formula is C21H20F2N2O4S. The summed E-state index contributed by atoms with van der Waals surface area (Å²) in [6.45, 7) is 1.87. The number of nitrogens with one attached hydrogen (secondary N) is 1. The molecule has 0 unspecified atom stereocenters. The standard InChI is InChI=1S/C19H15F2NO2S.CH5N.CO2/c1-13-3-2-4-16(11-13)22-25(23,24)17-8-5-14(6-9-17)15-7-10-18(20)19(21)12-15;1-2;2-1-3/h2-12,22H,1H3;2H2,1H3;. The van der Waals surface area contributed by atoms with Crippen LogP contribution in [-0.4, -0.2) is 21.6 Å². The van der Waals surface area contributed by atoms with E-state index in [1.807, 2.05) is 13.0 Å². The maximum absolute atomic E-state index is 13.3. The van der Waals surface area contributed by atoms with E-state index in [4.69, 9.17) is 9.59 Å². The smallest absolute Gasteiger partial charge is 0.333 e. The van der Waals surface area contributed by atoms with Gasteiger partial charge in [0.1, 0.15) is 0 Å². The maximum atomic E-state index is 13.3. The molecule has 0 aliphatic heterocycles. The number of hydrogen-bond donors (Lipinski definition) is 2. The van der Waals surface area contributed by atoms with Crippen LogP contribution in [0.5, 0.6) is 0 Å². The van der Waals surface area contributed by atoms with Gasteiger partial charge in [0, 0.05) is 5.69 Å². The first-order valence-electron chi connectivity index (χ1n) is 8.49. The summed E-state index contributed by atoms with van der Waals surface area (Å²) in [5.74, 6) is -1.87. The van der Waals surface area contributed by atoms with Crippen LogP contribution in [0.15, 0.2) is 71.6 Å². The molecule has 3 aromatic carbocycles. The molecule has 158 valence electrons. The molecule has 0 amide bonds. The van der Waals surface area contributed by atoms with Crippen LogP contribution >= 0.6 is 0 Å². The van der Waals surface area contributed by atoms with Gasteiger partial charge in [0.15, 0.2) is 11.6 Å². The van der Waals surface area contributed by atoms with Crippen LogP contribution in [-0.2, 0) is 19.6 Å². The molecule has 3 rings (SSSR count). The van der Waals surface area contributed by atoms with Gasteiger partial charge in [-0.2, -0.15) is 9.59 Å². The average Bonchev–Trinajstić information content (AvgIpc) is 2.72. The highest BCUT2D eigenvalue weighted by Crippen LogP contribution is 2.24. The van der Waals surface area contributed by atoms with E-state index in [1.54, 1.807) is 30.3 Å². The average molecular weight is 434 g/mol. The third-order valence-electron chi connectivity index (χ3n) is 3.69. The molecule has 3 N–H and O–H groups in total. The molecule has 9 heteroatoms. The zero-order valence-electron chi connectivity index (χ0n) is 16.2. The van der Waals surface area contributed by atoms with E-state index in [0.29, 0.717) is 16.8 Å². The van der Waals surface area contributed by atoms with Crippen molar-refractivity contribution in [3.05, 3.63) is 83.9 Å². The summed E-state index contributed by atoms with van der Waals surface area (Å²) in [7, 11) is -2.23. The van der Waals surface area contributed by atoms with E-state index >= 15 is 0 Å².